The molecule has 0 saturated heterocycles. The molecule has 0 radical (unpaired) electrons. The molecule has 31 heavy (non-hydrogen) atoms. The third-order valence-electron chi connectivity index (χ3n) is 6.93. The maximum Gasteiger partial charge on any atom is 0.128 e. The first kappa shape index (κ1) is 20.4. The molecule has 0 atom stereocenters. The third-order valence-corrected chi connectivity index (χ3v) is 6.93. The highest BCUT2D eigenvalue weighted by atomic mass is 35.5. The average Bonchev–Trinajstić information content (AvgIpc) is 3.56. The van der Waals surface area contributed by atoms with Gasteiger partial charge in [-0.25, -0.2) is 0 Å². The monoisotopic (exact) mass is 435 g/mol. The second-order valence-corrected chi connectivity index (χ2v) is 8.89. The lowest BCUT2D eigenvalue weighted by atomic mass is 9.89. The lowest BCUT2D eigenvalue weighted by Gasteiger charge is -2.23. The van der Waals surface area contributed by atoms with E-state index >= 15 is 0 Å². The second kappa shape index (κ2) is 8.54. The van der Waals surface area contributed by atoms with Crippen LogP contribution in [0.5, 0.6) is 0 Å². The van der Waals surface area contributed by atoms with E-state index in [2.05, 4.69) is 61.6 Å². The Kier molecular flexibility index (Phi) is 5.61. The van der Waals surface area contributed by atoms with Gasteiger partial charge in [-0.2, -0.15) is 0 Å². The van der Waals surface area contributed by atoms with Crippen molar-refractivity contribution in [1.82, 2.24) is 15.2 Å². The van der Waals surface area contributed by atoms with Crippen molar-refractivity contribution in [1.29, 1.82) is 0 Å². The molecule has 162 valence electrons. The van der Waals surface area contributed by atoms with E-state index in [0.717, 1.165) is 50.3 Å². The fourth-order valence-electron chi connectivity index (χ4n) is 5.41. The number of hydrogen-bond acceptors (Lipinski definition) is 4. The van der Waals surface area contributed by atoms with E-state index in [1.807, 2.05) is 0 Å². The Labute approximate surface area is 189 Å². The van der Waals surface area contributed by atoms with Crippen LogP contribution in [0.1, 0.15) is 43.2 Å². The van der Waals surface area contributed by atoms with Crippen molar-refractivity contribution in [2.75, 3.05) is 26.2 Å². The van der Waals surface area contributed by atoms with Crippen molar-refractivity contribution >= 4 is 45.9 Å². The summed E-state index contributed by atoms with van der Waals surface area (Å²) in [6, 6.07) is 13.8. The molecule has 3 aromatic rings. The molecule has 6 rings (SSSR count). The number of benzene rings is 2. The summed E-state index contributed by atoms with van der Waals surface area (Å²) in [5, 5.41) is 9.51. The minimum Gasteiger partial charge on any atom is -0.368 e. The van der Waals surface area contributed by atoms with Gasteiger partial charge in [-0.1, -0.05) is 19.3 Å². The van der Waals surface area contributed by atoms with Gasteiger partial charge in [0.25, 0.3) is 0 Å². The highest BCUT2D eigenvalue weighted by Crippen LogP contribution is 2.34. The molecule has 0 unspecified atom stereocenters. The number of aromatic nitrogens is 1. The standard InChI is InChI=1S/C25H29N5.ClH/c1-2-4-17(5-3-1)16-30-22-8-6-18(24-26-10-11-27-24)14-20(22)21-15-19(7-9-23(21)30)25-28-12-13-29-25;/h6-9,14-15,17H,1-5,10-13,16H2,(H,26,27)(H,28,29);1H. The molecule has 3 aliphatic rings. The largest absolute Gasteiger partial charge is 0.368 e. The van der Waals surface area contributed by atoms with Crippen LogP contribution in [0.4, 0.5) is 0 Å². The van der Waals surface area contributed by atoms with Gasteiger partial charge in [0.2, 0.25) is 0 Å². The maximum absolute atomic E-state index is 4.64. The number of fused-ring (bicyclic) bond motifs is 3. The molecule has 2 aliphatic heterocycles. The lowest BCUT2D eigenvalue weighted by molar-refractivity contribution is 0.325. The van der Waals surface area contributed by atoms with Gasteiger partial charge in [0.1, 0.15) is 11.7 Å². The Balaban J connectivity index is 0.00000204. The number of amidine groups is 2. The minimum atomic E-state index is 0. The number of nitrogens with one attached hydrogen (secondary N) is 2. The molecule has 1 aliphatic carbocycles. The normalized spacial score (nSPS) is 19.1. The first-order chi connectivity index (χ1) is 14.9. The van der Waals surface area contributed by atoms with Crippen LogP contribution in [0.15, 0.2) is 46.4 Å². The highest BCUT2D eigenvalue weighted by Gasteiger charge is 2.20. The zero-order chi connectivity index (χ0) is 19.9. The van der Waals surface area contributed by atoms with Gasteiger partial charge >= 0.3 is 0 Å². The molecule has 3 heterocycles. The molecule has 2 N–H and O–H groups in total. The number of hydrogen-bond donors (Lipinski definition) is 2. The van der Waals surface area contributed by atoms with Crippen LogP contribution in [0.2, 0.25) is 0 Å². The topological polar surface area (TPSA) is 53.7 Å². The van der Waals surface area contributed by atoms with Crippen molar-refractivity contribution in [2.24, 2.45) is 15.9 Å². The summed E-state index contributed by atoms with van der Waals surface area (Å²) in [5.41, 5.74) is 5.07. The van der Waals surface area contributed by atoms with E-state index in [-0.39, 0.29) is 12.4 Å². The summed E-state index contributed by atoms with van der Waals surface area (Å²) in [5.74, 6) is 2.85. The van der Waals surface area contributed by atoms with E-state index in [4.69, 9.17) is 0 Å². The molecule has 0 spiro atoms. The molecular formula is C25H30ClN5. The van der Waals surface area contributed by atoms with Crippen molar-refractivity contribution in [3.8, 4) is 0 Å². The Bertz CT molecular complexity index is 1090. The van der Waals surface area contributed by atoms with E-state index in [9.17, 15) is 0 Å². The molecule has 1 aromatic heterocycles. The fourth-order valence-corrected chi connectivity index (χ4v) is 5.41. The Hall–Kier alpha value is -2.53. The zero-order valence-electron chi connectivity index (χ0n) is 17.9. The summed E-state index contributed by atoms with van der Waals surface area (Å²) < 4.78 is 2.57. The van der Waals surface area contributed by atoms with Crippen LogP contribution in [0.3, 0.4) is 0 Å². The zero-order valence-corrected chi connectivity index (χ0v) is 18.7. The van der Waals surface area contributed by atoms with Crippen LogP contribution in [0.25, 0.3) is 21.8 Å². The molecule has 6 heteroatoms. The lowest BCUT2D eigenvalue weighted by Crippen LogP contribution is -2.19. The van der Waals surface area contributed by atoms with Gasteiger partial charge in [0.15, 0.2) is 0 Å². The molecular weight excluding hydrogens is 406 g/mol. The Morgan fingerprint density at radius 1 is 0.774 bits per heavy atom. The summed E-state index contributed by atoms with van der Waals surface area (Å²) in [7, 11) is 0. The van der Waals surface area contributed by atoms with Crippen LogP contribution < -0.4 is 10.6 Å². The van der Waals surface area contributed by atoms with E-state index in [1.165, 1.54) is 65.0 Å². The van der Waals surface area contributed by atoms with Gasteiger partial charge < -0.3 is 15.2 Å². The van der Waals surface area contributed by atoms with Crippen LogP contribution in [-0.4, -0.2) is 42.4 Å². The molecule has 0 bridgehead atoms. The van der Waals surface area contributed by atoms with E-state index < -0.39 is 0 Å². The molecule has 1 saturated carbocycles. The number of halogens is 1. The van der Waals surface area contributed by atoms with Gasteiger partial charge in [-0.3, -0.25) is 9.98 Å². The molecule has 5 nitrogen and oxygen atoms in total. The Morgan fingerprint density at radius 3 is 1.81 bits per heavy atom. The summed E-state index contributed by atoms with van der Waals surface area (Å²) in [6.45, 7) is 4.73. The quantitative estimate of drug-likeness (QED) is 0.634. The maximum atomic E-state index is 4.64. The van der Waals surface area contributed by atoms with E-state index in [1.54, 1.807) is 0 Å². The van der Waals surface area contributed by atoms with Crippen molar-refractivity contribution in [2.45, 2.75) is 38.6 Å². The molecule has 2 aromatic carbocycles. The van der Waals surface area contributed by atoms with Crippen molar-refractivity contribution in [3.63, 3.8) is 0 Å². The molecule has 1 fully saturated rings. The SMILES string of the molecule is Cl.c1cc2c(cc1C1=NCCN1)c1cc(C3=NCCN3)ccc1n2CC1CCCCC1. The second-order valence-electron chi connectivity index (χ2n) is 8.89. The van der Waals surface area contributed by atoms with E-state index in [0.29, 0.717) is 0 Å². The highest BCUT2D eigenvalue weighted by molar-refractivity contribution is 6.14. The third kappa shape index (κ3) is 3.69. The minimum absolute atomic E-state index is 0. The van der Waals surface area contributed by atoms with Crippen molar-refractivity contribution < 1.29 is 0 Å². The molecule has 0 amide bonds. The predicted molar refractivity (Wildman–Crippen MR) is 132 cm³/mol. The summed E-state index contributed by atoms with van der Waals surface area (Å²) >= 11 is 0. The Morgan fingerprint density at radius 2 is 1.32 bits per heavy atom. The fraction of sp³-hybridized carbons (Fsp3) is 0.440. The predicted octanol–water partition coefficient (Wildman–Crippen LogP) is 4.50. The number of rotatable bonds is 4. The first-order valence-corrected chi connectivity index (χ1v) is 11.5. The van der Waals surface area contributed by atoms with Gasteiger partial charge in [0, 0.05) is 52.6 Å². The first-order valence-electron chi connectivity index (χ1n) is 11.5. The number of aliphatic imine (C=N–C) groups is 2. The van der Waals surface area contributed by atoms with Crippen LogP contribution in [0, 0.1) is 5.92 Å². The number of nitrogens with zero attached hydrogens (tertiary/aromatic N) is 3. The smallest absolute Gasteiger partial charge is 0.128 e. The summed E-state index contributed by atoms with van der Waals surface area (Å²) in [4.78, 5) is 9.29. The van der Waals surface area contributed by atoms with Crippen LogP contribution >= 0.6 is 12.4 Å². The van der Waals surface area contributed by atoms with Crippen LogP contribution in [-0.2, 0) is 6.54 Å². The average molecular weight is 436 g/mol. The summed E-state index contributed by atoms with van der Waals surface area (Å²) in [6.07, 6.45) is 6.89. The van der Waals surface area contributed by atoms with Crippen molar-refractivity contribution in [3.05, 3.63) is 47.5 Å². The van der Waals surface area contributed by atoms with Gasteiger partial charge in [0.05, 0.1) is 13.1 Å². The van der Waals surface area contributed by atoms with Gasteiger partial charge in [-0.15, -0.1) is 12.4 Å². The van der Waals surface area contributed by atoms with Gasteiger partial charge in [-0.05, 0) is 55.2 Å².